The molecule has 0 saturated carbocycles. The summed E-state index contributed by atoms with van der Waals surface area (Å²) in [6, 6.07) is 0. The summed E-state index contributed by atoms with van der Waals surface area (Å²) in [6.07, 6.45) is 0.978. The van der Waals surface area contributed by atoms with Gasteiger partial charge in [-0.1, -0.05) is 6.92 Å². The molecule has 1 aliphatic heterocycles. The lowest BCUT2D eigenvalue weighted by atomic mass is 10.1. The van der Waals surface area contributed by atoms with Crippen molar-refractivity contribution in [2.75, 3.05) is 33.4 Å². The van der Waals surface area contributed by atoms with Crippen LogP contribution < -0.4 is 5.73 Å². The van der Waals surface area contributed by atoms with Crippen molar-refractivity contribution >= 4 is 5.91 Å². The second-order valence-corrected chi connectivity index (χ2v) is 3.60. The zero-order chi connectivity index (χ0) is 9.84. The Balaban J connectivity index is 2.41. The first-order valence-corrected chi connectivity index (χ1v) is 4.86. The number of likely N-dealkylation sites (tertiary alicyclic amines) is 1. The Morgan fingerprint density at radius 2 is 2.38 bits per heavy atom. The molecule has 0 bridgehead atoms. The smallest absolute Gasteiger partial charge is 0.226 e. The average Bonchev–Trinajstić information content (AvgIpc) is 2.45. The first-order valence-electron chi connectivity index (χ1n) is 4.86. The third kappa shape index (κ3) is 2.42. The molecular weight excluding hydrogens is 166 g/mol. The zero-order valence-corrected chi connectivity index (χ0v) is 8.49. The average molecular weight is 185 g/mol. The van der Waals surface area contributed by atoms with Gasteiger partial charge in [0.1, 0.15) is 0 Å². The third-order valence-corrected chi connectivity index (χ3v) is 2.72. The van der Waals surface area contributed by atoms with E-state index in [9.17, 15) is 4.79 Å². The predicted octanol–water partition coefficient (Wildman–Crippen LogP) is -0.297. The van der Waals surface area contributed by atoms with Gasteiger partial charge in [0.25, 0.3) is 0 Å². The van der Waals surface area contributed by atoms with Crippen molar-refractivity contribution in [3.05, 3.63) is 0 Å². The quantitative estimate of drug-likeness (QED) is 0.612. The summed E-state index contributed by atoms with van der Waals surface area (Å²) in [5.41, 5.74) is 5.54. The molecule has 1 amide bonds. The summed E-state index contributed by atoms with van der Waals surface area (Å²) in [7, 11) is 1.86. The van der Waals surface area contributed by atoms with E-state index in [-0.39, 0.29) is 11.8 Å². The molecular formula is C9H19N3O. The molecule has 1 aliphatic rings. The Labute approximate surface area is 79.7 Å². The Morgan fingerprint density at radius 3 is 2.77 bits per heavy atom. The minimum atomic E-state index is 0.175. The number of hydrogen-bond acceptors (Lipinski definition) is 3. The van der Waals surface area contributed by atoms with Crippen molar-refractivity contribution in [1.29, 1.82) is 0 Å². The largest absolute Gasteiger partial charge is 0.345 e. The van der Waals surface area contributed by atoms with Crippen LogP contribution in [0.1, 0.15) is 13.3 Å². The first kappa shape index (κ1) is 10.5. The molecule has 2 N–H and O–H groups in total. The molecule has 1 rings (SSSR count). The highest BCUT2D eigenvalue weighted by molar-refractivity contribution is 5.80. The molecule has 1 unspecified atom stereocenters. The van der Waals surface area contributed by atoms with Crippen molar-refractivity contribution in [2.45, 2.75) is 13.3 Å². The van der Waals surface area contributed by atoms with Crippen LogP contribution in [0.4, 0.5) is 0 Å². The van der Waals surface area contributed by atoms with Gasteiger partial charge in [0.05, 0.1) is 5.92 Å². The molecule has 1 heterocycles. The summed E-state index contributed by atoms with van der Waals surface area (Å²) in [4.78, 5) is 15.4. The fraction of sp³-hybridized carbons (Fsp3) is 0.889. The molecule has 0 spiro atoms. The Morgan fingerprint density at radius 1 is 1.69 bits per heavy atom. The van der Waals surface area contributed by atoms with E-state index >= 15 is 0 Å². The number of nitrogens with zero attached hydrogens (tertiary/aromatic N) is 2. The fourth-order valence-corrected chi connectivity index (χ4v) is 1.71. The van der Waals surface area contributed by atoms with Gasteiger partial charge in [0.15, 0.2) is 0 Å². The summed E-state index contributed by atoms with van der Waals surface area (Å²) in [5.74, 6) is 0.445. The van der Waals surface area contributed by atoms with E-state index in [1.165, 1.54) is 0 Å². The number of carbonyl (C=O) groups excluding carboxylic acids is 1. The van der Waals surface area contributed by atoms with Crippen molar-refractivity contribution < 1.29 is 4.79 Å². The molecule has 0 aromatic carbocycles. The van der Waals surface area contributed by atoms with E-state index < -0.39 is 0 Å². The Kier molecular flexibility index (Phi) is 3.69. The Hall–Kier alpha value is -0.610. The first-order chi connectivity index (χ1) is 6.19. The maximum absolute atomic E-state index is 11.5. The van der Waals surface area contributed by atoms with Crippen LogP contribution in [0.2, 0.25) is 0 Å². The van der Waals surface area contributed by atoms with Crippen molar-refractivity contribution in [1.82, 2.24) is 9.80 Å². The van der Waals surface area contributed by atoms with Gasteiger partial charge in [0, 0.05) is 26.8 Å². The predicted molar refractivity (Wildman–Crippen MR) is 52.0 cm³/mol. The monoisotopic (exact) mass is 185 g/mol. The lowest BCUT2D eigenvalue weighted by molar-refractivity contribution is -0.130. The van der Waals surface area contributed by atoms with E-state index in [0.29, 0.717) is 6.67 Å². The number of amides is 1. The topological polar surface area (TPSA) is 49.6 Å². The highest BCUT2D eigenvalue weighted by Crippen LogP contribution is 2.16. The molecule has 0 aromatic rings. The van der Waals surface area contributed by atoms with Gasteiger partial charge in [-0.25, -0.2) is 0 Å². The van der Waals surface area contributed by atoms with Crippen molar-refractivity contribution in [2.24, 2.45) is 11.7 Å². The van der Waals surface area contributed by atoms with Crippen LogP contribution in [0.25, 0.3) is 0 Å². The number of carbonyl (C=O) groups is 1. The van der Waals surface area contributed by atoms with E-state index in [2.05, 4.69) is 11.8 Å². The van der Waals surface area contributed by atoms with E-state index in [1.54, 1.807) is 4.90 Å². The van der Waals surface area contributed by atoms with Crippen LogP contribution in [0.15, 0.2) is 0 Å². The summed E-state index contributed by atoms with van der Waals surface area (Å²) >= 11 is 0. The molecule has 13 heavy (non-hydrogen) atoms. The van der Waals surface area contributed by atoms with Crippen LogP contribution >= 0.6 is 0 Å². The highest BCUT2D eigenvalue weighted by atomic mass is 16.2. The molecule has 1 saturated heterocycles. The van der Waals surface area contributed by atoms with Gasteiger partial charge in [-0.2, -0.15) is 0 Å². The summed E-state index contributed by atoms with van der Waals surface area (Å²) in [6.45, 7) is 5.24. The second kappa shape index (κ2) is 4.58. The number of nitrogens with two attached hydrogens (primary N) is 1. The molecule has 0 radical (unpaired) electrons. The highest BCUT2D eigenvalue weighted by Gasteiger charge is 2.29. The third-order valence-electron chi connectivity index (χ3n) is 2.72. The molecule has 0 aromatic heterocycles. The number of rotatable bonds is 4. The van der Waals surface area contributed by atoms with Crippen LogP contribution in [0, 0.1) is 5.92 Å². The Bertz CT molecular complexity index is 180. The van der Waals surface area contributed by atoms with Gasteiger partial charge in [-0.15, -0.1) is 0 Å². The maximum atomic E-state index is 11.5. The van der Waals surface area contributed by atoms with E-state index in [0.717, 1.165) is 26.1 Å². The van der Waals surface area contributed by atoms with Crippen LogP contribution in [-0.4, -0.2) is 49.1 Å². The molecule has 4 nitrogen and oxygen atoms in total. The molecule has 4 heteroatoms. The molecule has 76 valence electrons. The van der Waals surface area contributed by atoms with E-state index in [1.807, 2.05) is 7.05 Å². The second-order valence-electron chi connectivity index (χ2n) is 3.60. The van der Waals surface area contributed by atoms with Gasteiger partial charge in [-0.3, -0.25) is 9.69 Å². The van der Waals surface area contributed by atoms with Crippen molar-refractivity contribution in [3.63, 3.8) is 0 Å². The van der Waals surface area contributed by atoms with Gasteiger partial charge < -0.3 is 10.6 Å². The minimum Gasteiger partial charge on any atom is -0.345 e. The van der Waals surface area contributed by atoms with Crippen LogP contribution in [-0.2, 0) is 4.79 Å². The fourth-order valence-electron chi connectivity index (χ4n) is 1.71. The normalized spacial score (nSPS) is 23.2. The summed E-state index contributed by atoms with van der Waals surface area (Å²) in [5, 5.41) is 0. The van der Waals surface area contributed by atoms with E-state index in [4.69, 9.17) is 5.73 Å². The van der Waals surface area contributed by atoms with Gasteiger partial charge >= 0.3 is 0 Å². The SMILES string of the molecule is CCN(CN)CC1CCN(C)C1=O. The van der Waals surface area contributed by atoms with Gasteiger partial charge in [-0.05, 0) is 13.0 Å². The number of hydrogen-bond donors (Lipinski definition) is 1. The molecule has 0 aliphatic carbocycles. The minimum absolute atomic E-state index is 0.175. The molecule has 1 atom stereocenters. The molecule has 1 fully saturated rings. The van der Waals surface area contributed by atoms with Gasteiger partial charge in [0.2, 0.25) is 5.91 Å². The summed E-state index contributed by atoms with van der Waals surface area (Å²) < 4.78 is 0. The lowest BCUT2D eigenvalue weighted by Gasteiger charge is -2.20. The maximum Gasteiger partial charge on any atom is 0.226 e. The van der Waals surface area contributed by atoms with Crippen molar-refractivity contribution in [3.8, 4) is 0 Å². The zero-order valence-electron chi connectivity index (χ0n) is 8.49. The standard InChI is InChI=1S/C9H19N3O/c1-3-12(7-10)6-8-4-5-11(2)9(8)13/h8H,3-7,10H2,1-2H3. The lowest BCUT2D eigenvalue weighted by Crippen LogP contribution is -2.37. The van der Waals surface area contributed by atoms with Crippen LogP contribution in [0.3, 0.4) is 0 Å². The van der Waals surface area contributed by atoms with Crippen LogP contribution in [0.5, 0.6) is 0 Å².